The van der Waals surface area contributed by atoms with Gasteiger partial charge in [-0.2, -0.15) is 0 Å². The molecule has 1 aliphatic rings. The quantitative estimate of drug-likeness (QED) is 0.761. The lowest BCUT2D eigenvalue weighted by Gasteiger charge is -2.04. The minimum Gasteiger partial charge on any atom is -0.395 e. The third-order valence-corrected chi connectivity index (χ3v) is 2.40. The second-order valence-corrected chi connectivity index (χ2v) is 3.57. The predicted octanol–water partition coefficient (Wildman–Crippen LogP) is 3.07. The van der Waals surface area contributed by atoms with Gasteiger partial charge < -0.3 is 9.47 Å². The zero-order chi connectivity index (χ0) is 11.9. The number of fused-ring (bicyclic) bond motifs is 1. The molecule has 5 heteroatoms. The lowest BCUT2D eigenvalue weighted by atomic mass is 10.1. The Hall–Kier alpha value is -2.17. The van der Waals surface area contributed by atoms with E-state index in [1.165, 1.54) is 12.1 Å². The molecule has 0 amide bonds. The van der Waals surface area contributed by atoms with Gasteiger partial charge in [-0.15, -0.1) is 8.78 Å². The number of aromatic nitrogens is 1. The lowest BCUT2D eigenvalue weighted by Crippen LogP contribution is -2.25. The van der Waals surface area contributed by atoms with Crippen LogP contribution in [0.5, 0.6) is 11.5 Å². The zero-order valence-electron chi connectivity index (χ0n) is 8.56. The summed E-state index contributed by atoms with van der Waals surface area (Å²) >= 11 is 0. The summed E-state index contributed by atoms with van der Waals surface area (Å²) in [7, 11) is 0. The van der Waals surface area contributed by atoms with E-state index in [-0.39, 0.29) is 11.5 Å². The average Bonchev–Trinajstić information content (AvgIpc) is 2.63. The molecular weight excluding hydrogens is 228 g/mol. The molecule has 0 spiro atoms. The summed E-state index contributed by atoms with van der Waals surface area (Å²) in [5.74, 6) is 0.0824. The third-order valence-electron chi connectivity index (χ3n) is 2.40. The number of hydrogen-bond acceptors (Lipinski definition) is 3. The number of alkyl halides is 2. The van der Waals surface area contributed by atoms with Crippen molar-refractivity contribution in [3.63, 3.8) is 0 Å². The van der Waals surface area contributed by atoms with Crippen molar-refractivity contribution in [2.75, 3.05) is 0 Å². The Bertz CT molecular complexity index is 558. The van der Waals surface area contributed by atoms with Gasteiger partial charge in [-0.05, 0) is 23.8 Å². The molecule has 0 atom stereocenters. The molecule has 0 bridgehead atoms. The Morgan fingerprint density at radius 1 is 1.00 bits per heavy atom. The molecule has 0 radical (unpaired) electrons. The molecule has 0 saturated carbocycles. The molecule has 2 heterocycles. The topological polar surface area (TPSA) is 31.4 Å². The van der Waals surface area contributed by atoms with E-state index >= 15 is 0 Å². The van der Waals surface area contributed by atoms with Gasteiger partial charge in [0.1, 0.15) is 0 Å². The Kier molecular flexibility index (Phi) is 2.01. The Balaban J connectivity index is 2.02. The van der Waals surface area contributed by atoms with E-state index in [1.807, 2.05) is 6.07 Å². The van der Waals surface area contributed by atoms with Crippen LogP contribution in [0.4, 0.5) is 8.78 Å². The molecule has 0 fully saturated rings. The molecule has 17 heavy (non-hydrogen) atoms. The van der Waals surface area contributed by atoms with Crippen molar-refractivity contribution in [2.24, 2.45) is 0 Å². The molecule has 0 aliphatic carbocycles. The molecule has 1 aromatic heterocycles. The van der Waals surface area contributed by atoms with Crippen molar-refractivity contribution in [3.8, 4) is 22.6 Å². The molecule has 1 aromatic carbocycles. The van der Waals surface area contributed by atoms with Crippen LogP contribution in [-0.2, 0) is 0 Å². The van der Waals surface area contributed by atoms with Gasteiger partial charge in [0.05, 0.1) is 0 Å². The van der Waals surface area contributed by atoms with Crippen molar-refractivity contribution >= 4 is 0 Å². The van der Waals surface area contributed by atoms with Crippen molar-refractivity contribution in [1.82, 2.24) is 4.98 Å². The highest BCUT2D eigenvalue weighted by molar-refractivity contribution is 5.66. The Labute approximate surface area is 95.6 Å². The molecule has 1 aliphatic heterocycles. The second kappa shape index (κ2) is 3.41. The van der Waals surface area contributed by atoms with Crippen molar-refractivity contribution in [2.45, 2.75) is 6.29 Å². The van der Waals surface area contributed by atoms with Crippen LogP contribution in [-0.4, -0.2) is 11.3 Å². The van der Waals surface area contributed by atoms with Gasteiger partial charge >= 0.3 is 6.29 Å². The van der Waals surface area contributed by atoms with Crippen molar-refractivity contribution < 1.29 is 18.3 Å². The van der Waals surface area contributed by atoms with E-state index in [0.29, 0.717) is 0 Å². The van der Waals surface area contributed by atoms with Crippen LogP contribution in [0.15, 0.2) is 42.7 Å². The molecule has 2 aromatic rings. The van der Waals surface area contributed by atoms with Gasteiger partial charge in [-0.25, -0.2) is 0 Å². The van der Waals surface area contributed by atoms with Crippen LogP contribution in [0.25, 0.3) is 11.1 Å². The van der Waals surface area contributed by atoms with Gasteiger partial charge in [0.2, 0.25) is 0 Å². The maximum absolute atomic E-state index is 12.8. The second-order valence-electron chi connectivity index (χ2n) is 3.57. The third kappa shape index (κ3) is 1.80. The Morgan fingerprint density at radius 2 is 1.82 bits per heavy atom. The molecule has 0 saturated heterocycles. The smallest absolute Gasteiger partial charge is 0.395 e. The van der Waals surface area contributed by atoms with Crippen molar-refractivity contribution in [3.05, 3.63) is 42.7 Å². The summed E-state index contributed by atoms with van der Waals surface area (Å²) in [5, 5.41) is 0. The number of pyridine rings is 1. The van der Waals surface area contributed by atoms with Gasteiger partial charge in [-0.1, -0.05) is 12.1 Å². The fraction of sp³-hybridized carbons (Fsp3) is 0.0833. The van der Waals surface area contributed by atoms with E-state index in [4.69, 9.17) is 0 Å². The van der Waals surface area contributed by atoms with Gasteiger partial charge in [0.15, 0.2) is 11.5 Å². The molecule has 3 rings (SSSR count). The van der Waals surface area contributed by atoms with Gasteiger partial charge in [0, 0.05) is 18.0 Å². The predicted molar refractivity (Wildman–Crippen MR) is 55.9 cm³/mol. The number of hydrogen-bond donors (Lipinski definition) is 0. The van der Waals surface area contributed by atoms with E-state index in [2.05, 4.69) is 14.5 Å². The Morgan fingerprint density at radius 3 is 2.59 bits per heavy atom. The summed E-state index contributed by atoms with van der Waals surface area (Å²) in [4.78, 5) is 3.96. The first-order valence-electron chi connectivity index (χ1n) is 4.94. The lowest BCUT2D eigenvalue weighted by molar-refractivity contribution is -0.286. The minimum absolute atomic E-state index is 0.0383. The van der Waals surface area contributed by atoms with Crippen LogP contribution in [0.2, 0.25) is 0 Å². The summed E-state index contributed by atoms with van der Waals surface area (Å²) in [6.45, 7) is 0. The monoisotopic (exact) mass is 235 g/mol. The SMILES string of the molecule is FC1(F)Oc2ccc(-c3cccnc3)cc2O1. The van der Waals surface area contributed by atoms with E-state index in [9.17, 15) is 8.78 Å². The highest BCUT2D eigenvalue weighted by Crippen LogP contribution is 2.42. The summed E-state index contributed by atoms with van der Waals surface area (Å²) in [5.41, 5.74) is 1.58. The number of ether oxygens (including phenoxy) is 2. The zero-order valence-corrected chi connectivity index (χ0v) is 8.56. The van der Waals surface area contributed by atoms with Crippen LogP contribution < -0.4 is 9.47 Å². The minimum atomic E-state index is -3.57. The average molecular weight is 235 g/mol. The first kappa shape index (κ1) is 10.0. The highest BCUT2D eigenvalue weighted by Gasteiger charge is 2.43. The standard InChI is InChI=1S/C12H7F2NO2/c13-12(14)16-10-4-3-8(6-11(10)17-12)9-2-1-5-15-7-9/h1-7H. The van der Waals surface area contributed by atoms with Crippen molar-refractivity contribution in [1.29, 1.82) is 0 Å². The maximum Gasteiger partial charge on any atom is 0.586 e. The number of nitrogens with zero attached hydrogens (tertiary/aromatic N) is 1. The molecule has 0 unspecified atom stereocenters. The van der Waals surface area contributed by atoms with Crippen LogP contribution >= 0.6 is 0 Å². The fourth-order valence-corrected chi connectivity index (χ4v) is 1.66. The first-order valence-corrected chi connectivity index (χ1v) is 4.94. The summed E-state index contributed by atoms with van der Waals surface area (Å²) in [6.07, 6.45) is -0.282. The molecule has 86 valence electrons. The van der Waals surface area contributed by atoms with Gasteiger partial charge in [0.25, 0.3) is 0 Å². The number of halogens is 2. The largest absolute Gasteiger partial charge is 0.586 e. The van der Waals surface area contributed by atoms with Gasteiger partial charge in [-0.3, -0.25) is 4.98 Å². The van der Waals surface area contributed by atoms with Crippen LogP contribution in [0.1, 0.15) is 0 Å². The van der Waals surface area contributed by atoms with E-state index < -0.39 is 6.29 Å². The molecule has 3 nitrogen and oxygen atoms in total. The number of benzene rings is 1. The molecular formula is C12H7F2NO2. The van der Waals surface area contributed by atoms with Crippen LogP contribution in [0, 0.1) is 0 Å². The first-order chi connectivity index (χ1) is 8.14. The molecule has 0 N–H and O–H groups in total. The maximum atomic E-state index is 12.8. The van der Waals surface area contributed by atoms with E-state index in [0.717, 1.165) is 11.1 Å². The summed E-state index contributed by atoms with van der Waals surface area (Å²) < 4.78 is 34.3. The van der Waals surface area contributed by atoms with Crippen LogP contribution in [0.3, 0.4) is 0 Å². The normalized spacial score (nSPS) is 15.9. The number of rotatable bonds is 1. The van der Waals surface area contributed by atoms with E-state index in [1.54, 1.807) is 24.5 Å². The summed E-state index contributed by atoms with van der Waals surface area (Å²) in [6, 6.07) is 8.25. The fourth-order valence-electron chi connectivity index (χ4n) is 1.66. The highest BCUT2D eigenvalue weighted by atomic mass is 19.3.